The first-order chi connectivity index (χ1) is 7.75. The van der Waals surface area contributed by atoms with Crippen LogP contribution < -0.4 is 0 Å². The molecule has 0 unspecified atom stereocenters. The fraction of sp³-hybridized carbons (Fsp3) is 0.538. The minimum atomic E-state index is -2.36. The second-order valence-corrected chi connectivity index (χ2v) is 4.38. The molecule has 16 heavy (non-hydrogen) atoms. The lowest BCUT2D eigenvalue weighted by Gasteiger charge is -2.26. The van der Waals surface area contributed by atoms with Crippen LogP contribution in [0.4, 0.5) is 8.78 Å². The van der Waals surface area contributed by atoms with Gasteiger partial charge in [0.1, 0.15) is 0 Å². The Morgan fingerprint density at radius 2 is 1.62 bits per heavy atom. The maximum Gasteiger partial charge on any atom is 0.263 e. The number of halogens is 2. The summed E-state index contributed by atoms with van der Waals surface area (Å²) in [7, 11) is 0. The van der Waals surface area contributed by atoms with Gasteiger partial charge < -0.3 is 0 Å². The number of hydrogen-bond acceptors (Lipinski definition) is 1. The van der Waals surface area contributed by atoms with Crippen LogP contribution in [0.3, 0.4) is 0 Å². The second-order valence-electron chi connectivity index (χ2n) is 4.38. The first kappa shape index (κ1) is 11.5. The highest BCUT2D eigenvalue weighted by Gasteiger charge is 2.11. The molecule has 1 fully saturated rings. The van der Waals surface area contributed by atoms with Gasteiger partial charge in [0.15, 0.2) is 0 Å². The molecule has 1 aliphatic heterocycles. The molecule has 1 aliphatic rings. The third-order valence-corrected chi connectivity index (χ3v) is 3.09. The summed E-state index contributed by atoms with van der Waals surface area (Å²) in [5, 5.41) is 0. The predicted octanol–water partition coefficient (Wildman–Crippen LogP) is 3.61. The number of benzene rings is 1. The average Bonchev–Trinajstić information content (AvgIpc) is 2.31. The predicted molar refractivity (Wildman–Crippen MR) is 60.5 cm³/mol. The van der Waals surface area contributed by atoms with Crippen molar-refractivity contribution >= 4 is 0 Å². The monoisotopic (exact) mass is 225 g/mol. The molecule has 0 amide bonds. The molecule has 3 heteroatoms. The lowest BCUT2D eigenvalue weighted by Crippen LogP contribution is -2.29. The SMILES string of the molecule is FC(F)c1ccc(CN2CCCCC2)cc1. The van der Waals surface area contributed by atoms with E-state index in [1.807, 2.05) is 12.1 Å². The number of rotatable bonds is 3. The van der Waals surface area contributed by atoms with Crippen LogP contribution in [0.15, 0.2) is 24.3 Å². The second kappa shape index (κ2) is 5.39. The normalized spacial score (nSPS) is 17.9. The lowest BCUT2D eigenvalue weighted by molar-refractivity contribution is 0.151. The molecule has 1 aromatic rings. The third kappa shape index (κ3) is 3.01. The van der Waals surface area contributed by atoms with E-state index in [0.29, 0.717) is 0 Å². The molecule has 0 bridgehead atoms. The van der Waals surface area contributed by atoms with Crippen molar-refractivity contribution in [3.05, 3.63) is 35.4 Å². The highest BCUT2D eigenvalue weighted by Crippen LogP contribution is 2.20. The molecular formula is C13H17F2N. The van der Waals surface area contributed by atoms with Crippen LogP contribution in [0, 0.1) is 0 Å². The molecular weight excluding hydrogens is 208 g/mol. The highest BCUT2D eigenvalue weighted by atomic mass is 19.3. The molecule has 1 nitrogen and oxygen atoms in total. The fourth-order valence-electron chi connectivity index (χ4n) is 2.14. The Kier molecular flexibility index (Phi) is 3.88. The minimum absolute atomic E-state index is 0.113. The Morgan fingerprint density at radius 1 is 1.00 bits per heavy atom. The van der Waals surface area contributed by atoms with Gasteiger partial charge in [-0.05, 0) is 31.5 Å². The van der Waals surface area contributed by atoms with Gasteiger partial charge in [-0.3, -0.25) is 4.90 Å². The topological polar surface area (TPSA) is 3.24 Å². The fourth-order valence-corrected chi connectivity index (χ4v) is 2.14. The molecule has 1 aromatic carbocycles. The third-order valence-electron chi connectivity index (χ3n) is 3.09. The van der Waals surface area contributed by atoms with E-state index >= 15 is 0 Å². The summed E-state index contributed by atoms with van der Waals surface area (Å²) in [6.07, 6.45) is 1.48. The zero-order valence-electron chi connectivity index (χ0n) is 9.33. The van der Waals surface area contributed by atoms with Crippen LogP contribution in [0.2, 0.25) is 0 Å². The maximum atomic E-state index is 12.3. The van der Waals surface area contributed by atoms with Crippen LogP contribution in [0.5, 0.6) is 0 Å². The van der Waals surface area contributed by atoms with Gasteiger partial charge in [0.25, 0.3) is 6.43 Å². The Morgan fingerprint density at radius 3 is 2.19 bits per heavy atom. The van der Waals surface area contributed by atoms with Crippen molar-refractivity contribution in [1.82, 2.24) is 4.90 Å². The Bertz CT molecular complexity index is 315. The molecule has 88 valence electrons. The molecule has 0 aromatic heterocycles. The van der Waals surface area contributed by atoms with Crippen LogP contribution in [0.1, 0.15) is 36.8 Å². The quantitative estimate of drug-likeness (QED) is 0.759. The summed E-state index contributed by atoms with van der Waals surface area (Å²) in [5.74, 6) is 0. The van der Waals surface area contributed by atoms with E-state index in [0.717, 1.165) is 25.2 Å². The van der Waals surface area contributed by atoms with E-state index in [4.69, 9.17) is 0 Å². The summed E-state index contributed by atoms with van der Waals surface area (Å²) in [6.45, 7) is 3.16. The van der Waals surface area contributed by atoms with Gasteiger partial charge >= 0.3 is 0 Å². The number of likely N-dealkylation sites (tertiary alicyclic amines) is 1. The van der Waals surface area contributed by atoms with E-state index in [-0.39, 0.29) is 5.56 Å². The summed E-state index contributed by atoms with van der Waals surface area (Å²) < 4.78 is 24.7. The van der Waals surface area contributed by atoms with Gasteiger partial charge in [-0.1, -0.05) is 30.7 Å². The van der Waals surface area contributed by atoms with Gasteiger partial charge in [0.05, 0.1) is 0 Å². The minimum Gasteiger partial charge on any atom is -0.299 e. The van der Waals surface area contributed by atoms with Gasteiger partial charge in [0.2, 0.25) is 0 Å². The van der Waals surface area contributed by atoms with Crippen molar-refractivity contribution < 1.29 is 8.78 Å². The maximum absolute atomic E-state index is 12.3. The summed E-state index contributed by atoms with van der Waals surface area (Å²) in [4.78, 5) is 2.39. The van der Waals surface area contributed by atoms with Crippen molar-refractivity contribution in [3.63, 3.8) is 0 Å². The summed E-state index contributed by atoms with van der Waals surface area (Å²) >= 11 is 0. The molecule has 1 heterocycles. The van der Waals surface area contributed by atoms with E-state index in [1.54, 1.807) is 0 Å². The summed E-state index contributed by atoms with van der Waals surface area (Å²) in [5.41, 5.74) is 1.24. The Labute approximate surface area is 95.1 Å². The average molecular weight is 225 g/mol. The lowest BCUT2D eigenvalue weighted by atomic mass is 10.1. The number of piperidine rings is 1. The summed E-state index contributed by atoms with van der Waals surface area (Å²) in [6, 6.07) is 6.69. The molecule has 0 radical (unpaired) electrons. The smallest absolute Gasteiger partial charge is 0.263 e. The number of alkyl halides is 2. The largest absolute Gasteiger partial charge is 0.299 e. The van der Waals surface area contributed by atoms with Gasteiger partial charge in [0, 0.05) is 12.1 Å². The van der Waals surface area contributed by atoms with Crippen LogP contribution >= 0.6 is 0 Å². The Hall–Kier alpha value is -0.960. The van der Waals surface area contributed by atoms with Crippen molar-refractivity contribution in [1.29, 1.82) is 0 Å². The first-order valence-corrected chi connectivity index (χ1v) is 5.85. The van der Waals surface area contributed by atoms with E-state index in [9.17, 15) is 8.78 Å². The van der Waals surface area contributed by atoms with E-state index < -0.39 is 6.43 Å². The molecule has 0 N–H and O–H groups in total. The molecule has 0 aliphatic carbocycles. The first-order valence-electron chi connectivity index (χ1n) is 5.85. The van der Waals surface area contributed by atoms with Crippen molar-refractivity contribution in [2.45, 2.75) is 32.2 Å². The molecule has 2 rings (SSSR count). The molecule has 1 saturated heterocycles. The van der Waals surface area contributed by atoms with Crippen LogP contribution in [0.25, 0.3) is 0 Å². The van der Waals surface area contributed by atoms with Crippen molar-refractivity contribution in [2.75, 3.05) is 13.1 Å². The van der Waals surface area contributed by atoms with Gasteiger partial charge in [-0.25, -0.2) is 8.78 Å². The number of hydrogen-bond donors (Lipinski definition) is 0. The van der Waals surface area contributed by atoms with E-state index in [2.05, 4.69) is 4.90 Å². The van der Waals surface area contributed by atoms with Gasteiger partial charge in [-0.15, -0.1) is 0 Å². The zero-order chi connectivity index (χ0) is 11.4. The zero-order valence-corrected chi connectivity index (χ0v) is 9.33. The van der Waals surface area contributed by atoms with Crippen molar-refractivity contribution in [3.8, 4) is 0 Å². The highest BCUT2D eigenvalue weighted by molar-refractivity contribution is 5.23. The van der Waals surface area contributed by atoms with Crippen molar-refractivity contribution in [2.24, 2.45) is 0 Å². The van der Waals surface area contributed by atoms with Crippen LogP contribution in [-0.4, -0.2) is 18.0 Å². The Balaban J connectivity index is 1.93. The molecule has 0 atom stereocenters. The molecule has 0 spiro atoms. The standard InChI is InChI=1S/C13H17F2N/c14-13(15)12-6-4-11(5-7-12)10-16-8-2-1-3-9-16/h4-7,13H,1-3,8-10H2. The van der Waals surface area contributed by atoms with Crippen LogP contribution in [-0.2, 0) is 6.54 Å². The van der Waals surface area contributed by atoms with E-state index in [1.165, 1.54) is 31.4 Å². The molecule has 0 saturated carbocycles. The number of nitrogens with zero attached hydrogens (tertiary/aromatic N) is 1. The van der Waals surface area contributed by atoms with Gasteiger partial charge in [-0.2, -0.15) is 0 Å².